The van der Waals surface area contributed by atoms with E-state index in [4.69, 9.17) is 5.73 Å². The van der Waals surface area contributed by atoms with Crippen molar-refractivity contribution in [3.05, 3.63) is 35.9 Å². The van der Waals surface area contributed by atoms with Crippen LogP contribution in [0.15, 0.2) is 30.3 Å². The average molecular weight is 241 g/mol. The van der Waals surface area contributed by atoms with Gasteiger partial charge >= 0.3 is 0 Å². The number of aryl methyl sites for hydroxylation is 1. The first kappa shape index (κ1) is 13.2. The molecule has 0 heterocycles. The minimum absolute atomic E-state index is 0.0424. The highest BCUT2D eigenvalue weighted by molar-refractivity contribution is 7.91. The number of hydrogen-bond acceptors (Lipinski definition) is 3. The third-order valence-electron chi connectivity index (χ3n) is 2.49. The highest BCUT2D eigenvalue weighted by Crippen LogP contribution is 2.05. The predicted molar refractivity (Wildman–Crippen MR) is 67.0 cm³/mol. The van der Waals surface area contributed by atoms with Crippen molar-refractivity contribution in [2.24, 2.45) is 11.7 Å². The third-order valence-corrected chi connectivity index (χ3v) is 4.39. The summed E-state index contributed by atoms with van der Waals surface area (Å²) < 4.78 is 23.4. The molecule has 0 radical (unpaired) electrons. The maximum Gasteiger partial charge on any atom is 0.150 e. The van der Waals surface area contributed by atoms with Gasteiger partial charge in [0.25, 0.3) is 0 Å². The van der Waals surface area contributed by atoms with Gasteiger partial charge in [0, 0.05) is 0 Å². The van der Waals surface area contributed by atoms with Crippen LogP contribution in [-0.2, 0) is 16.3 Å². The number of hydrogen-bond donors (Lipinski definition) is 1. The van der Waals surface area contributed by atoms with E-state index in [1.807, 2.05) is 37.3 Å². The van der Waals surface area contributed by atoms with Gasteiger partial charge in [-0.2, -0.15) is 0 Å². The van der Waals surface area contributed by atoms with Crippen molar-refractivity contribution in [1.29, 1.82) is 0 Å². The molecule has 1 atom stereocenters. The van der Waals surface area contributed by atoms with Crippen molar-refractivity contribution < 1.29 is 8.42 Å². The van der Waals surface area contributed by atoms with Crippen molar-refractivity contribution in [2.45, 2.75) is 13.3 Å². The topological polar surface area (TPSA) is 60.2 Å². The molecule has 0 amide bonds. The van der Waals surface area contributed by atoms with Crippen LogP contribution in [0.3, 0.4) is 0 Å². The standard InChI is InChI=1S/C12H19NO2S/c1-11(9-13)10-16(14,15)8-7-12-5-3-2-4-6-12/h2-6,11H,7-10,13H2,1H3. The molecule has 90 valence electrons. The molecule has 0 saturated heterocycles. The molecule has 4 heteroatoms. The fourth-order valence-electron chi connectivity index (χ4n) is 1.50. The van der Waals surface area contributed by atoms with Crippen LogP contribution in [0.25, 0.3) is 0 Å². The quantitative estimate of drug-likeness (QED) is 0.815. The first-order valence-electron chi connectivity index (χ1n) is 5.48. The minimum atomic E-state index is -2.97. The van der Waals surface area contributed by atoms with Crippen LogP contribution >= 0.6 is 0 Å². The summed E-state index contributed by atoms with van der Waals surface area (Å²) in [5.74, 6) is 0.443. The van der Waals surface area contributed by atoms with E-state index in [-0.39, 0.29) is 17.4 Å². The fourth-order valence-corrected chi connectivity index (χ4v) is 3.22. The monoisotopic (exact) mass is 241 g/mol. The van der Waals surface area contributed by atoms with E-state index in [0.29, 0.717) is 13.0 Å². The van der Waals surface area contributed by atoms with Crippen LogP contribution < -0.4 is 5.73 Å². The van der Waals surface area contributed by atoms with E-state index in [0.717, 1.165) is 5.56 Å². The lowest BCUT2D eigenvalue weighted by Gasteiger charge is -2.09. The molecule has 0 aromatic heterocycles. The van der Waals surface area contributed by atoms with Crippen LogP contribution in [-0.4, -0.2) is 26.5 Å². The van der Waals surface area contributed by atoms with Gasteiger partial charge in [0.2, 0.25) is 0 Å². The molecule has 2 N–H and O–H groups in total. The van der Waals surface area contributed by atoms with Gasteiger partial charge in [0.1, 0.15) is 0 Å². The molecule has 0 spiro atoms. The van der Waals surface area contributed by atoms with Gasteiger partial charge < -0.3 is 5.73 Å². The maximum atomic E-state index is 11.7. The Labute approximate surface area is 97.6 Å². The summed E-state index contributed by atoms with van der Waals surface area (Å²) in [6.45, 7) is 2.28. The molecule has 1 unspecified atom stereocenters. The normalized spacial score (nSPS) is 13.6. The lowest BCUT2D eigenvalue weighted by Crippen LogP contribution is -2.23. The van der Waals surface area contributed by atoms with Crippen molar-refractivity contribution >= 4 is 9.84 Å². The van der Waals surface area contributed by atoms with Crippen LogP contribution in [0.1, 0.15) is 12.5 Å². The molecule has 1 aromatic carbocycles. The Morgan fingerprint density at radius 3 is 2.44 bits per heavy atom. The summed E-state index contributed by atoms with van der Waals surface area (Å²) in [6.07, 6.45) is 0.584. The Morgan fingerprint density at radius 1 is 1.25 bits per heavy atom. The Morgan fingerprint density at radius 2 is 1.88 bits per heavy atom. The molecule has 3 nitrogen and oxygen atoms in total. The maximum absolute atomic E-state index is 11.7. The highest BCUT2D eigenvalue weighted by atomic mass is 32.2. The second-order valence-corrected chi connectivity index (χ2v) is 6.42. The van der Waals surface area contributed by atoms with Crippen molar-refractivity contribution in [1.82, 2.24) is 0 Å². The van der Waals surface area contributed by atoms with Crippen LogP contribution in [0.2, 0.25) is 0 Å². The zero-order valence-corrected chi connectivity index (χ0v) is 10.4. The predicted octanol–water partition coefficient (Wildman–Crippen LogP) is 1.24. The molecular formula is C12H19NO2S. The van der Waals surface area contributed by atoms with Gasteiger partial charge in [-0.25, -0.2) is 8.42 Å². The van der Waals surface area contributed by atoms with Crippen molar-refractivity contribution in [3.63, 3.8) is 0 Å². The smallest absolute Gasteiger partial charge is 0.150 e. The number of sulfone groups is 1. The lowest BCUT2D eigenvalue weighted by molar-refractivity contribution is 0.573. The van der Waals surface area contributed by atoms with E-state index in [1.54, 1.807) is 0 Å². The van der Waals surface area contributed by atoms with Gasteiger partial charge in [-0.1, -0.05) is 37.3 Å². The second kappa shape index (κ2) is 6.01. The van der Waals surface area contributed by atoms with Crippen LogP contribution in [0.5, 0.6) is 0 Å². The Hall–Kier alpha value is -0.870. The van der Waals surface area contributed by atoms with Crippen LogP contribution in [0.4, 0.5) is 0 Å². The summed E-state index contributed by atoms with van der Waals surface area (Å²) in [5, 5.41) is 0. The van der Waals surface area contributed by atoms with Gasteiger partial charge in [0.05, 0.1) is 11.5 Å². The first-order valence-corrected chi connectivity index (χ1v) is 7.30. The highest BCUT2D eigenvalue weighted by Gasteiger charge is 2.14. The molecule has 0 aliphatic heterocycles. The Bertz CT molecular complexity index is 400. The van der Waals surface area contributed by atoms with Crippen LogP contribution in [0, 0.1) is 5.92 Å². The molecule has 0 aliphatic rings. The summed E-state index contributed by atoms with van der Waals surface area (Å²) in [6, 6.07) is 9.66. The third kappa shape index (κ3) is 4.77. The summed E-state index contributed by atoms with van der Waals surface area (Å²) in [7, 11) is -2.97. The largest absolute Gasteiger partial charge is 0.330 e. The summed E-state index contributed by atoms with van der Waals surface area (Å²) >= 11 is 0. The van der Waals surface area contributed by atoms with E-state index >= 15 is 0 Å². The fraction of sp³-hybridized carbons (Fsp3) is 0.500. The van der Waals surface area contributed by atoms with Gasteiger partial charge in [-0.05, 0) is 24.4 Å². The van der Waals surface area contributed by atoms with E-state index < -0.39 is 9.84 Å². The molecule has 0 bridgehead atoms. The minimum Gasteiger partial charge on any atom is -0.330 e. The molecule has 1 rings (SSSR count). The average Bonchev–Trinajstić information content (AvgIpc) is 2.27. The van der Waals surface area contributed by atoms with Crippen molar-refractivity contribution in [2.75, 3.05) is 18.1 Å². The van der Waals surface area contributed by atoms with E-state index in [9.17, 15) is 8.42 Å². The first-order chi connectivity index (χ1) is 7.53. The SMILES string of the molecule is CC(CN)CS(=O)(=O)CCc1ccccc1. The zero-order valence-electron chi connectivity index (χ0n) is 9.59. The zero-order chi connectivity index (χ0) is 12.0. The molecular weight excluding hydrogens is 222 g/mol. The van der Waals surface area contributed by atoms with Gasteiger partial charge in [0.15, 0.2) is 9.84 Å². The molecule has 1 aromatic rings. The summed E-state index contributed by atoms with van der Waals surface area (Å²) in [5.41, 5.74) is 6.48. The number of benzene rings is 1. The lowest BCUT2D eigenvalue weighted by atomic mass is 10.2. The van der Waals surface area contributed by atoms with E-state index in [1.165, 1.54) is 0 Å². The molecule has 0 saturated carbocycles. The number of nitrogens with two attached hydrogens (primary N) is 1. The Kier molecular flexibility index (Phi) is 4.96. The Balaban J connectivity index is 2.49. The molecule has 0 fully saturated rings. The summed E-state index contributed by atoms with van der Waals surface area (Å²) in [4.78, 5) is 0. The van der Waals surface area contributed by atoms with Gasteiger partial charge in [-0.3, -0.25) is 0 Å². The molecule has 16 heavy (non-hydrogen) atoms. The second-order valence-electron chi connectivity index (χ2n) is 4.19. The molecule has 0 aliphatic carbocycles. The van der Waals surface area contributed by atoms with Gasteiger partial charge in [-0.15, -0.1) is 0 Å². The van der Waals surface area contributed by atoms with E-state index in [2.05, 4.69) is 0 Å². The van der Waals surface area contributed by atoms with Crippen molar-refractivity contribution in [3.8, 4) is 0 Å². The number of rotatable bonds is 6.